The van der Waals surface area contributed by atoms with Gasteiger partial charge < -0.3 is 10.4 Å². The van der Waals surface area contributed by atoms with Crippen molar-refractivity contribution in [1.29, 1.82) is 0 Å². The molecule has 1 unspecified atom stereocenters. The Bertz CT molecular complexity index is 553. The second-order valence-electron chi connectivity index (χ2n) is 4.17. The number of nitrogens with one attached hydrogen (secondary N) is 1. The molecule has 16 heavy (non-hydrogen) atoms. The number of phenolic OH excluding ortho intramolecular Hbond substituents is 1. The quantitative estimate of drug-likeness (QED) is 0.742. The fourth-order valence-electron chi connectivity index (χ4n) is 2.34. The minimum Gasteiger partial charge on any atom is -0.507 e. The van der Waals surface area contributed by atoms with Crippen LogP contribution in [-0.4, -0.2) is 17.0 Å². The fraction of sp³-hybridized carbons (Fsp3) is 0.231. The maximum Gasteiger partial charge on any atom is 0.123 e. The standard InChI is InChI=1S/C13H12ClNO/c14-7-9-6-8-4-5-10-11(13(8)15-9)2-1-3-12(10)16/h1-5,9,15-16H,6-7H2. The average molecular weight is 234 g/mol. The molecule has 0 aromatic heterocycles. The van der Waals surface area contributed by atoms with Crippen molar-refractivity contribution in [3.05, 3.63) is 35.9 Å². The largest absolute Gasteiger partial charge is 0.507 e. The number of phenols is 1. The molecule has 2 aromatic carbocycles. The number of hydrogen-bond acceptors (Lipinski definition) is 2. The molecule has 2 aromatic rings. The van der Waals surface area contributed by atoms with E-state index >= 15 is 0 Å². The van der Waals surface area contributed by atoms with Crippen LogP contribution < -0.4 is 5.32 Å². The summed E-state index contributed by atoms with van der Waals surface area (Å²) in [6, 6.07) is 9.96. The number of benzene rings is 2. The minimum absolute atomic E-state index is 0.310. The lowest BCUT2D eigenvalue weighted by molar-refractivity contribution is 0.481. The summed E-state index contributed by atoms with van der Waals surface area (Å²) in [5.74, 6) is 0.936. The predicted molar refractivity (Wildman–Crippen MR) is 67.4 cm³/mol. The molecule has 2 N–H and O–H groups in total. The molecule has 0 saturated heterocycles. The first-order chi connectivity index (χ1) is 7.79. The molecule has 82 valence electrons. The number of alkyl halides is 1. The van der Waals surface area contributed by atoms with Gasteiger partial charge in [-0.25, -0.2) is 0 Å². The highest BCUT2D eigenvalue weighted by atomic mass is 35.5. The molecular formula is C13H12ClNO. The summed E-state index contributed by atoms with van der Waals surface area (Å²) in [5, 5.41) is 15.1. The Kier molecular flexibility index (Phi) is 2.18. The van der Waals surface area contributed by atoms with E-state index in [9.17, 15) is 5.11 Å². The number of halogens is 1. The van der Waals surface area contributed by atoms with Gasteiger partial charge >= 0.3 is 0 Å². The molecule has 0 aliphatic carbocycles. The summed E-state index contributed by atoms with van der Waals surface area (Å²) in [4.78, 5) is 0. The third-order valence-corrected chi connectivity index (χ3v) is 3.50. The normalized spacial score (nSPS) is 18.4. The molecule has 1 atom stereocenters. The van der Waals surface area contributed by atoms with E-state index in [1.54, 1.807) is 6.07 Å². The van der Waals surface area contributed by atoms with Crippen LogP contribution >= 0.6 is 11.6 Å². The highest BCUT2D eigenvalue weighted by Crippen LogP contribution is 2.37. The summed E-state index contributed by atoms with van der Waals surface area (Å²) < 4.78 is 0. The molecule has 0 saturated carbocycles. The zero-order valence-corrected chi connectivity index (χ0v) is 9.46. The average Bonchev–Trinajstić information content (AvgIpc) is 2.72. The molecule has 3 rings (SSSR count). The predicted octanol–water partition coefficient (Wildman–Crippen LogP) is 3.12. The van der Waals surface area contributed by atoms with Crippen LogP contribution in [0.25, 0.3) is 10.8 Å². The van der Waals surface area contributed by atoms with Crippen molar-refractivity contribution >= 4 is 28.1 Å². The zero-order valence-electron chi connectivity index (χ0n) is 8.70. The van der Waals surface area contributed by atoms with Crippen molar-refractivity contribution in [2.45, 2.75) is 12.5 Å². The number of hydrogen-bond donors (Lipinski definition) is 2. The topological polar surface area (TPSA) is 32.3 Å². The Morgan fingerprint density at radius 2 is 2.12 bits per heavy atom. The molecule has 1 aliphatic heterocycles. The Balaban J connectivity index is 2.24. The smallest absolute Gasteiger partial charge is 0.123 e. The van der Waals surface area contributed by atoms with Gasteiger partial charge in [0.05, 0.1) is 0 Å². The number of fused-ring (bicyclic) bond motifs is 3. The van der Waals surface area contributed by atoms with E-state index in [2.05, 4.69) is 11.4 Å². The van der Waals surface area contributed by atoms with Gasteiger partial charge in [0.2, 0.25) is 0 Å². The number of rotatable bonds is 1. The Morgan fingerprint density at radius 3 is 2.94 bits per heavy atom. The second kappa shape index (κ2) is 3.56. The van der Waals surface area contributed by atoms with Gasteiger partial charge in [-0.15, -0.1) is 11.6 Å². The molecule has 0 amide bonds. The first kappa shape index (κ1) is 9.79. The first-order valence-corrected chi connectivity index (χ1v) is 5.89. The summed E-state index contributed by atoms with van der Waals surface area (Å²) in [6.45, 7) is 0. The van der Waals surface area contributed by atoms with E-state index in [1.807, 2.05) is 18.2 Å². The maximum atomic E-state index is 9.77. The van der Waals surface area contributed by atoms with Crippen LogP contribution in [0.3, 0.4) is 0 Å². The second-order valence-corrected chi connectivity index (χ2v) is 4.48. The summed E-state index contributed by atoms with van der Waals surface area (Å²) in [5.41, 5.74) is 2.41. The van der Waals surface area contributed by atoms with Crippen molar-refractivity contribution in [2.75, 3.05) is 11.2 Å². The Hall–Kier alpha value is -1.41. The van der Waals surface area contributed by atoms with Crippen molar-refractivity contribution in [3.8, 4) is 5.75 Å². The summed E-state index contributed by atoms with van der Waals surface area (Å²) in [7, 11) is 0. The van der Waals surface area contributed by atoms with Crippen molar-refractivity contribution < 1.29 is 5.11 Å². The van der Waals surface area contributed by atoms with Crippen LogP contribution in [0, 0.1) is 0 Å². The van der Waals surface area contributed by atoms with Gasteiger partial charge in [0.15, 0.2) is 0 Å². The van der Waals surface area contributed by atoms with E-state index in [4.69, 9.17) is 11.6 Å². The van der Waals surface area contributed by atoms with Gasteiger partial charge in [-0.05, 0) is 18.1 Å². The van der Waals surface area contributed by atoms with Gasteiger partial charge in [0.1, 0.15) is 5.75 Å². The minimum atomic E-state index is 0.310. The van der Waals surface area contributed by atoms with Crippen molar-refractivity contribution in [3.63, 3.8) is 0 Å². The molecule has 0 radical (unpaired) electrons. The van der Waals surface area contributed by atoms with E-state index in [0.29, 0.717) is 17.7 Å². The van der Waals surface area contributed by atoms with E-state index in [0.717, 1.165) is 22.9 Å². The van der Waals surface area contributed by atoms with Crippen LogP contribution in [0.2, 0.25) is 0 Å². The van der Waals surface area contributed by atoms with Gasteiger partial charge in [-0.2, -0.15) is 0 Å². The molecule has 2 nitrogen and oxygen atoms in total. The third kappa shape index (κ3) is 1.34. The highest BCUT2D eigenvalue weighted by Gasteiger charge is 2.21. The molecule has 3 heteroatoms. The Labute approximate surface area is 98.8 Å². The number of aromatic hydroxyl groups is 1. The lowest BCUT2D eigenvalue weighted by atomic mass is 10.0. The van der Waals surface area contributed by atoms with E-state index < -0.39 is 0 Å². The van der Waals surface area contributed by atoms with Gasteiger partial charge in [-0.3, -0.25) is 0 Å². The van der Waals surface area contributed by atoms with Crippen LogP contribution in [-0.2, 0) is 6.42 Å². The van der Waals surface area contributed by atoms with Crippen LogP contribution in [0.4, 0.5) is 5.69 Å². The molecule has 0 spiro atoms. The Morgan fingerprint density at radius 1 is 1.25 bits per heavy atom. The molecule has 1 aliphatic rings. The van der Waals surface area contributed by atoms with Gasteiger partial charge in [-0.1, -0.05) is 24.3 Å². The van der Waals surface area contributed by atoms with Crippen LogP contribution in [0.15, 0.2) is 30.3 Å². The van der Waals surface area contributed by atoms with Gasteiger partial charge in [0.25, 0.3) is 0 Å². The lowest BCUT2D eigenvalue weighted by Gasteiger charge is -2.08. The SMILES string of the molecule is Oc1cccc2c3c(ccc12)CC(CCl)N3. The van der Waals surface area contributed by atoms with E-state index in [-0.39, 0.29) is 0 Å². The summed E-state index contributed by atoms with van der Waals surface area (Å²) >= 11 is 5.87. The van der Waals surface area contributed by atoms with Crippen LogP contribution in [0.5, 0.6) is 5.75 Å². The third-order valence-electron chi connectivity index (χ3n) is 3.13. The van der Waals surface area contributed by atoms with Crippen LogP contribution in [0.1, 0.15) is 5.56 Å². The van der Waals surface area contributed by atoms with E-state index in [1.165, 1.54) is 5.56 Å². The molecular weight excluding hydrogens is 222 g/mol. The first-order valence-electron chi connectivity index (χ1n) is 5.35. The monoisotopic (exact) mass is 233 g/mol. The highest BCUT2D eigenvalue weighted by molar-refractivity contribution is 6.18. The summed E-state index contributed by atoms with van der Waals surface area (Å²) in [6.07, 6.45) is 0.963. The fourth-order valence-corrected chi connectivity index (χ4v) is 2.53. The zero-order chi connectivity index (χ0) is 11.1. The molecule has 1 heterocycles. The van der Waals surface area contributed by atoms with Crippen molar-refractivity contribution in [1.82, 2.24) is 0 Å². The maximum absolute atomic E-state index is 9.77. The number of anilines is 1. The lowest BCUT2D eigenvalue weighted by Crippen LogP contribution is -2.16. The molecule has 0 bridgehead atoms. The van der Waals surface area contributed by atoms with Gasteiger partial charge in [0, 0.05) is 28.4 Å². The molecule has 0 fully saturated rings. The van der Waals surface area contributed by atoms with Crippen molar-refractivity contribution in [2.24, 2.45) is 0 Å².